The molecule has 0 aliphatic rings. The molecule has 1 aromatic heterocycles. The Bertz CT molecular complexity index is 740. The van der Waals surface area contributed by atoms with Crippen molar-refractivity contribution in [3.8, 4) is 0 Å². The number of benzene rings is 2. The fourth-order valence-electron chi connectivity index (χ4n) is 2.02. The van der Waals surface area contributed by atoms with Crippen molar-refractivity contribution in [1.82, 2.24) is 4.98 Å². The highest BCUT2D eigenvalue weighted by molar-refractivity contribution is 7.99. The highest BCUT2D eigenvalue weighted by Gasteiger charge is 2.03. The van der Waals surface area contributed by atoms with E-state index in [-0.39, 0.29) is 5.82 Å². The number of aromatic nitrogens is 1. The van der Waals surface area contributed by atoms with E-state index >= 15 is 0 Å². The number of hydrogen-bond donors (Lipinski definition) is 0. The normalized spacial score (nSPS) is 10.8. The lowest BCUT2D eigenvalue weighted by atomic mass is 10.1. The van der Waals surface area contributed by atoms with E-state index in [1.807, 2.05) is 24.4 Å². The maximum atomic E-state index is 13.1. The number of nitrogens with zero attached hydrogens (tertiary/aromatic N) is 1. The predicted molar refractivity (Wildman–Crippen MR) is 77.0 cm³/mol. The SMILES string of the molecule is Cc1cccc2cc(Sc3cccc(F)c3)cnc12. The van der Waals surface area contributed by atoms with Crippen molar-refractivity contribution in [3.63, 3.8) is 0 Å². The fourth-order valence-corrected chi connectivity index (χ4v) is 2.90. The molecule has 2 aromatic carbocycles. The third-order valence-electron chi connectivity index (χ3n) is 2.92. The second-order valence-electron chi connectivity index (χ2n) is 4.38. The molecule has 0 aliphatic carbocycles. The van der Waals surface area contributed by atoms with Gasteiger partial charge in [0.2, 0.25) is 0 Å². The van der Waals surface area contributed by atoms with Gasteiger partial charge in [0.15, 0.2) is 0 Å². The average molecular weight is 269 g/mol. The Labute approximate surface area is 115 Å². The molecular weight excluding hydrogens is 257 g/mol. The van der Waals surface area contributed by atoms with Gasteiger partial charge < -0.3 is 0 Å². The Balaban J connectivity index is 1.98. The lowest BCUT2D eigenvalue weighted by Crippen LogP contribution is -1.84. The van der Waals surface area contributed by atoms with E-state index in [9.17, 15) is 4.39 Å². The maximum absolute atomic E-state index is 13.1. The van der Waals surface area contributed by atoms with Gasteiger partial charge in [-0.25, -0.2) is 4.39 Å². The summed E-state index contributed by atoms with van der Waals surface area (Å²) >= 11 is 1.52. The van der Waals surface area contributed by atoms with Gasteiger partial charge in [0.05, 0.1) is 5.52 Å². The number of para-hydroxylation sites is 1. The molecule has 0 atom stereocenters. The summed E-state index contributed by atoms with van der Waals surface area (Å²) in [7, 11) is 0. The predicted octanol–water partition coefficient (Wildman–Crippen LogP) is 4.83. The first-order chi connectivity index (χ1) is 9.22. The van der Waals surface area contributed by atoms with Gasteiger partial charge in [-0.2, -0.15) is 0 Å². The Morgan fingerprint density at radius 1 is 1.00 bits per heavy atom. The van der Waals surface area contributed by atoms with Crippen LogP contribution in [0, 0.1) is 12.7 Å². The van der Waals surface area contributed by atoms with Gasteiger partial charge in [-0.15, -0.1) is 0 Å². The molecule has 0 amide bonds. The maximum Gasteiger partial charge on any atom is 0.124 e. The zero-order chi connectivity index (χ0) is 13.2. The minimum Gasteiger partial charge on any atom is -0.255 e. The minimum atomic E-state index is -0.213. The molecule has 0 N–H and O–H groups in total. The van der Waals surface area contributed by atoms with Gasteiger partial charge in [-0.1, -0.05) is 36.0 Å². The number of rotatable bonds is 2. The quantitative estimate of drug-likeness (QED) is 0.660. The number of aryl methyl sites for hydroxylation is 1. The average Bonchev–Trinajstić information content (AvgIpc) is 2.39. The van der Waals surface area contributed by atoms with Crippen LogP contribution in [0.15, 0.2) is 64.5 Å². The standard InChI is InChI=1S/C16H12FNS/c1-11-4-2-5-12-8-15(10-18-16(11)12)19-14-7-3-6-13(17)9-14/h2-10H,1H3. The molecular formula is C16H12FNS. The van der Waals surface area contributed by atoms with Crippen LogP contribution in [-0.2, 0) is 0 Å². The molecule has 0 aliphatic heterocycles. The molecule has 0 saturated carbocycles. The summed E-state index contributed by atoms with van der Waals surface area (Å²) in [5.41, 5.74) is 2.19. The van der Waals surface area contributed by atoms with Gasteiger partial charge >= 0.3 is 0 Å². The first-order valence-electron chi connectivity index (χ1n) is 6.01. The molecule has 0 unspecified atom stereocenters. The molecule has 94 valence electrons. The minimum absolute atomic E-state index is 0.213. The van der Waals surface area contributed by atoms with Crippen LogP contribution in [0.3, 0.4) is 0 Å². The van der Waals surface area contributed by atoms with Crippen LogP contribution in [0.5, 0.6) is 0 Å². The highest BCUT2D eigenvalue weighted by atomic mass is 32.2. The molecule has 1 nitrogen and oxygen atoms in total. The molecule has 0 saturated heterocycles. The van der Waals surface area contributed by atoms with Crippen LogP contribution in [0.25, 0.3) is 10.9 Å². The van der Waals surface area contributed by atoms with Crippen molar-refractivity contribution in [2.75, 3.05) is 0 Å². The van der Waals surface area contributed by atoms with Crippen LogP contribution >= 0.6 is 11.8 Å². The van der Waals surface area contributed by atoms with Gasteiger partial charge in [0.25, 0.3) is 0 Å². The molecule has 1 heterocycles. The topological polar surface area (TPSA) is 12.9 Å². The van der Waals surface area contributed by atoms with Crippen molar-refractivity contribution < 1.29 is 4.39 Å². The molecule has 3 rings (SSSR count). The van der Waals surface area contributed by atoms with E-state index in [2.05, 4.69) is 24.0 Å². The highest BCUT2D eigenvalue weighted by Crippen LogP contribution is 2.29. The summed E-state index contributed by atoms with van der Waals surface area (Å²) in [6.45, 7) is 2.05. The molecule has 0 bridgehead atoms. The molecule has 3 aromatic rings. The van der Waals surface area contributed by atoms with Gasteiger partial charge in [-0.05, 0) is 36.8 Å². The number of pyridine rings is 1. The zero-order valence-electron chi connectivity index (χ0n) is 10.4. The summed E-state index contributed by atoms with van der Waals surface area (Å²) < 4.78 is 13.1. The van der Waals surface area contributed by atoms with Crippen molar-refractivity contribution in [1.29, 1.82) is 0 Å². The van der Waals surface area contributed by atoms with Crippen molar-refractivity contribution in [2.24, 2.45) is 0 Å². The number of hydrogen-bond acceptors (Lipinski definition) is 2. The lowest BCUT2D eigenvalue weighted by Gasteiger charge is -2.05. The summed E-state index contributed by atoms with van der Waals surface area (Å²) in [6.07, 6.45) is 1.84. The fraction of sp³-hybridized carbons (Fsp3) is 0.0625. The molecule has 3 heteroatoms. The second kappa shape index (κ2) is 5.02. The van der Waals surface area contributed by atoms with Crippen molar-refractivity contribution in [2.45, 2.75) is 16.7 Å². The van der Waals surface area contributed by atoms with Gasteiger partial charge in [0.1, 0.15) is 5.82 Å². The van der Waals surface area contributed by atoms with E-state index < -0.39 is 0 Å². The third kappa shape index (κ3) is 2.61. The summed E-state index contributed by atoms with van der Waals surface area (Å²) in [4.78, 5) is 6.39. The smallest absolute Gasteiger partial charge is 0.124 e. The van der Waals surface area contributed by atoms with Crippen molar-refractivity contribution in [3.05, 3.63) is 66.1 Å². The number of fused-ring (bicyclic) bond motifs is 1. The largest absolute Gasteiger partial charge is 0.255 e. The van der Waals surface area contributed by atoms with Crippen LogP contribution in [0.2, 0.25) is 0 Å². The van der Waals surface area contributed by atoms with Crippen molar-refractivity contribution >= 4 is 22.7 Å². The Kier molecular flexibility index (Phi) is 3.22. The van der Waals surface area contributed by atoms with Crippen LogP contribution in [-0.4, -0.2) is 4.98 Å². The molecule has 0 fully saturated rings. The van der Waals surface area contributed by atoms with Crippen LogP contribution < -0.4 is 0 Å². The molecule has 19 heavy (non-hydrogen) atoms. The Morgan fingerprint density at radius 2 is 1.84 bits per heavy atom. The second-order valence-corrected chi connectivity index (χ2v) is 5.52. The van der Waals surface area contributed by atoms with Crippen LogP contribution in [0.1, 0.15) is 5.56 Å². The summed E-state index contributed by atoms with van der Waals surface area (Å²) in [6, 6.07) is 14.8. The zero-order valence-corrected chi connectivity index (χ0v) is 11.2. The third-order valence-corrected chi connectivity index (χ3v) is 3.87. The van der Waals surface area contributed by atoms with E-state index in [0.717, 1.165) is 20.7 Å². The Morgan fingerprint density at radius 3 is 2.68 bits per heavy atom. The van der Waals surface area contributed by atoms with Gasteiger partial charge in [-0.3, -0.25) is 4.98 Å². The van der Waals surface area contributed by atoms with E-state index in [1.165, 1.54) is 29.5 Å². The first-order valence-corrected chi connectivity index (χ1v) is 6.83. The van der Waals surface area contributed by atoms with Crippen LogP contribution in [0.4, 0.5) is 4.39 Å². The molecule has 0 radical (unpaired) electrons. The summed E-state index contributed by atoms with van der Waals surface area (Å²) in [5, 5.41) is 1.11. The first kappa shape index (κ1) is 12.2. The monoisotopic (exact) mass is 269 g/mol. The van der Waals surface area contributed by atoms with Gasteiger partial charge in [0, 0.05) is 21.4 Å². The molecule has 0 spiro atoms. The van der Waals surface area contributed by atoms with E-state index in [1.54, 1.807) is 6.07 Å². The Hall–Kier alpha value is -1.87. The van der Waals surface area contributed by atoms with E-state index in [4.69, 9.17) is 0 Å². The van der Waals surface area contributed by atoms with E-state index in [0.29, 0.717) is 0 Å². The lowest BCUT2D eigenvalue weighted by molar-refractivity contribution is 0.624. The summed E-state index contributed by atoms with van der Waals surface area (Å²) in [5.74, 6) is -0.213. The number of halogens is 1.